The predicted octanol–water partition coefficient (Wildman–Crippen LogP) is 5.55. The first-order chi connectivity index (χ1) is 15.6. The average molecular weight is 493 g/mol. The molecule has 32 heavy (non-hydrogen) atoms. The minimum Gasteiger partial charge on any atom is -0.489 e. The van der Waals surface area contributed by atoms with E-state index < -0.39 is 0 Å². The summed E-state index contributed by atoms with van der Waals surface area (Å²) in [5.41, 5.74) is 4.31. The number of carbonyl (C=O) groups is 1. The molecule has 4 nitrogen and oxygen atoms in total. The molecule has 0 unspecified atom stereocenters. The summed E-state index contributed by atoms with van der Waals surface area (Å²) in [7, 11) is 0. The van der Waals surface area contributed by atoms with E-state index in [1.54, 1.807) is 0 Å². The number of amides is 1. The Balaban J connectivity index is 1.31. The van der Waals surface area contributed by atoms with Gasteiger partial charge in [0.1, 0.15) is 12.4 Å². The Morgan fingerprint density at radius 2 is 1.66 bits per heavy atom. The monoisotopic (exact) mass is 492 g/mol. The molecule has 0 aliphatic carbocycles. The molecule has 4 rings (SSSR count). The number of benzene rings is 3. The lowest BCUT2D eigenvalue weighted by molar-refractivity contribution is 0.0628. The highest BCUT2D eigenvalue weighted by Gasteiger charge is 2.22. The predicted molar refractivity (Wildman–Crippen MR) is 132 cm³/mol. The van der Waals surface area contributed by atoms with Crippen molar-refractivity contribution in [3.05, 3.63) is 99.5 Å². The highest BCUT2D eigenvalue weighted by molar-refractivity contribution is 9.10. The number of carbonyl (C=O) groups excluding carboxylic acids is 1. The number of hydrogen-bond donors (Lipinski definition) is 0. The van der Waals surface area contributed by atoms with Gasteiger partial charge in [-0.1, -0.05) is 65.3 Å². The number of hydrogen-bond acceptors (Lipinski definition) is 3. The summed E-state index contributed by atoms with van der Waals surface area (Å²) in [6.45, 7) is 6.73. The maximum absolute atomic E-state index is 13.1. The third kappa shape index (κ3) is 5.78. The molecule has 0 radical (unpaired) electrons. The molecule has 0 bridgehead atoms. The summed E-state index contributed by atoms with van der Waals surface area (Å²) in [6, 6.07) is 24.3. The third-order valence-electron chi connectivity index (χ3n) is 5.92. The second kappa shape index (κ2) is 10.8. The molecule has 166 valence electrons. The topological polar surface area (TPSA) is 32.8 Å². The molecule has 0 saturated carbocycles. The van der Waals surface area contributed by atoms with E-state index >= 15 is 0 Å². The summed E-state index contributed by atoms with van der Waals surface area (Å²) in [6.07, 6.45) is 1.02. The summed E-state index contributed by atoms with van der Waals surface area (Å²) < 4.78 is 7.05. The lowest BCUT2D eigenvalue weighted by Crippen LogP contribution is -2.48. The molecule has 1 saturated heterocycles. The highest BCUT2D eigenvalue weighted by Crippen LogP contribution is 2.20. The largest absolute Gasteiger partial charge is 0.489 e. The average Bonchev–Trinajstić information content (AvgIpc) is 2.85. The molecular weight excluding hydrogens is 464 g/mol. The zero-order valence-corrected chi connectivity index (χ0v) is 20.1. The number of aryl methyl sites for hydroxylation is 1. The van der Waals surface area contributed by atoms with Gasteiger partial charge in [0.25, 0.3) is 5.91 Å². The molecule has 1 aliphatic heterocycles. The van der Waals surface area contributed by atoms with Crippen LogP contribution in [-0.2, 0) is 19.6 Å². The van der Waals surface area contributed by atoms with E-state index in [9.17, 15) is 4.79 Å². The second-order valence-corrected chi connectivity index (χ2v) is 9.00. The minimum atomic E-state index is 0.0969. The number of ether oxygens (including phenoxy) is 1. The normalized spacial score (nSPS) is 14.4. The smallest absolute Gasteiger partial charge is 0.253 e. The Morgan fingerprint density at radius 1 is 0.906 bits per heavy atom. The van der Waals surface area contributed by atoms with Gasteiger partial charge in [-0.25, -0.2) is 0 Å². The van der Waals surface area contributed by atoms with Gasteiger partial charge in [-0.2, -0.15) is 0 Å². The van der Waals surface area contributed by atoms with Crippen molar-refractivity contribution in [3.63, 3.8) is 0 Å². The van der Waals surface area contributed by atoms with Crippen molar-refractivity contribution < 1.29 is 9.53 Å². The molecular formula is C27H29BrN2O2. The van der Waals surface area contributed by atoms with Gasteiger partial charge in [-0.3, -0.25) is 9.69 Å². The summed E-state index contributed by atoms with van der Waals surface area (Å²) in [4.78, 5) is 17.4. The molecule has 0 spiro atoms. The Bertz CT molecular complexity index is 1040. The molecule has 1 aliphatic rings. The van der Waals surface area contributed by atoms with Crippen LogP contribution in [0.15, 0.2) is 77.3 Å². The quantitative estimate of drug-likeness (QED) is 0.433. The second-order valence-electron chi connectivity index (χ2n) is 8.15. The Labute approximate surface area is 198 Å². The van der Waals surface area contributed by atoms with Gasteiger partial charge in [-0.05, 0) is 53.4 Å². The SMILES string of the molecule is CCc1ccc(OCc2cccc(C(=O)N3CCN(Cc4ccccc4Br)CC3)c2)cc1. The van der Waals surface area contributed by atoms with Gasteiger partial charge in [0, 0.05) is 42.8 Å². The number of rotatable bonds is 7. The fourth-order valence-electron chi connectivity index (χ4n) is 3.94. The van der Waals surface area contributed by atoms with Crippen LogP contribution in [0.2, 0.25) is 0 Å². The molecule has 1 amide bonds. The number of piperazine rings is 1. The van der Waals surface area contributed by atoms with Crippen molar-refractivity contribution in [2.75, 3.05) is 26.2 Å². The van der Waals surface area contributed by atoms with Crippen LogP contribution in [0.25, 0.3) is 0 Å². The van der Waals surface area contributed by atoms with E-state index in [1.807, 2.05) is 47.4 Å². The molecule has 1 heterocycles. The van der Waals surface area contributed by atoms with E-state index in [2.05, 4.69) is 58.1 Å². The van der Waals surface area contributed by atoms with Crippen LogP contribution in [0, 0.1) is 0 Å². The maximum Gasteiger partial charge on any atom is 0.253 e. The van der Waals surface area contributed by atoms with Crippen molar-refractivity contribution in [3.8, 4) is 5.75 Å². The van der Waals surface area contributed by atoms with Crippen LogP contribution in [0.5, 0.6) is 5.75 Å². The van der Waals surface area contributed by atoms with Crippen LogP contribution in [0.1, 0.15) is 34.0 Å². The zero-order valence-electron chi connectivity index (χ0n) is 18.5. The first-order valence-corrected chi connectivity index (χ1v) is 12.0. The Morgan fingerprint density at radius 3 is 2.38 bits per heavy atom. The first-order valence-electron chi connectivity index (χ1n) is 11.2. The van der Waals surface area contributed by atoms with Crippen molar-refractivity contribution in [2.45, 2.75) is 26.5 Å². The van der Waals surface area contributed by atoms with E-state index in [0.717, 1.165) is 60.5 Å². The van der Waals surface area contributed by atoms with Crippen molar-refractivity contribution in [1.29, 1.82) is 0 Å². The standard InChI is InChI=1S/C27H29BrN2O2/c1-2-21-10-12-25(13-11-21)32-20-22-6-5-8-23(18-22)27(31)30-16-14-29(15-17-30)19-24-7-3-4-9-26(24)28/h3-13,18H,2,14-17,19-20H2,1H3. The van der Waals surface area contributed by atoms with Crippen LogP contribution in [0.4, 0.5) is 0 Å². The fourth-order valence-corrected chi connectivity index (χ4v) is 4.35. The van der Waals surface area contributed by atoms with E-state index in [-0.39, 0.29) is 5.91 Å². The van der Waals surface area contributed by atoms with Gasteiger partial charge in [0.15, 0.2) is 0 Å². The molecule has 0 atom stereocenters. The molecule has 0 aromatic heterocycles. The first kappa shape index (κ1) is 22.6. The van der Waals surface area contributed by atoms with Crippen LogP contribution in [-0.4, -0.2) is 41.9 Å². The fraction of sp³-hybridized carbons (Fsp3) is 0.296. The molecule has 5 heteroatoms. The van der Waals surface area contributed by atoms with Crippen LogP contribution in [0.3, 0.4) is 0 Å². The molecule has 3 aromatic carbocycles. The molecule has 3 aromatic rings. The number of halogens is 1. The third-order valence-corrected chi connectivity index (χ3v) is 6.70. The molecule has 1 fully saturated rings. The van der Waals surface area contributed by atoms with Gasteiger partial charge in [-0.15, -0.1) is 0 Å². The van der Waals surface area contributed by atoms with Crippen molar-refractivity contribution in [2.24, 2.45) is 0 Å². The highest BCUT2D eigenvalue weighted by atomic mass is 79.9. The van der Waals surface area contributed by atoms with Crippen molar-refractivity contribution >= 4 is 21.8 Å². The summed E-state index contributed by atoms with van der Waals surface area (Å²) in [5.74, 6) is 0.944. The minimum absolute atomic E-state index is 0.0969. The lowest BCUT2D eigenvalue weighted by atomic mass is 10.1. The number of nitrogens with zero attached hydrogens (tertiary/aromatic N) is 2. The van der Waals surface area contributed by atoms with Gasteiger partial charge < -0.3 is 9.64 Å². The van der Waals surface area contributed by atoms with E-state index in [1.165, 1.54) is 11.1 Å². The molecule has 0 N–H and O–H groups in total. The van der Waals surface area contributed by atoms with Crippen LogP contribution < -0.4 is 4.74 Å². The van der Waals surface area contributed by atoms with Crippen LogP contribution >= 0.6 is 15.9 Å². The van der Waals surface area contributed by atoms with Gasteiger partial charge in [0.2, 0.25) is 0 Å². The van der Waals surface area contributed by atoms with Crippen molar-refractivity contribution in [1.82, 2.24) is 9.80 Å². The van der Waals surface area contributed by atoms with Gasteiger partial charge >= 0.3 is 0 Å². The summed E-state index contributed by atoms with van der Waals surface area (Å²) >= 11 is 3.63. The van der Waals surface area contributed by atoms with Gasteiger partial charge in [0.05, 0.1) is 0 Å². The lowest BCUT2D eigenvalue weighted by Gasteiger charge is -2.35. The summed E-state index contributed by atoms with van der Waals surface area (Å²) in [5, 5.41) is 0. The Kier molecular flexibility index (Phi) is 7.61. The van der Waals surface area contributed by atoms with E-state index in [0.29, 0.717) is 6.61 Å². The Hall–Kier alpha value is -2.63. The van der Waals surface area contributed by atoms with E-state index in [4.69, 9.17) is 4.74 Å². The zero-order chi connectivity index (χ0) is 22.3. The maximum atomic E-state index is 13.1.